The van der Waals surface area contributed by atoms with Gasteiger partial charge in [-0.1, -0.05) is 84.1 Å². The molecule has 0 radical (unpaired) electrons. The molecule has 0 saturated carbocycles. The molecule has 0 aliphatic heterocycles. The quantitative estimate of drug-likeness (QED) is 0.393. The van der Waals surface area contributed by atoms with Crippen molar-refractivity contribution in [3.63, 3.8) is 0 Å². The average Bonchev–Trinajstić information content (AvgIpc) is 3.21. The fraction of sp³-hybridized carbons (Fsp3) is 0.200. The zero-order valence-electron chi connectivity index (χ0n) is 16.8. The van der Waals surface area contributed by atoms with Gasteiger partial charge >= 0.3 is 0 Å². The molecule has 0 N–H and O–H groups in total. The van der Waals surface area contributed by atoms with Gasteiger partial charge in [-0.2, -0.15) is 0 Å². The minimum Gasteiger partial charge on any atom is -0.284 e. The first-order valence-corrected chi connectivity index (χ1v) is 10.7. The van der Waals surface area contributed by atoms with Crippen LogP contribution < -0.4 is 4.90 Å². The molecular weight excluding hydrogens is 376 g/mol. The second-order valence-corrected chi connectivity index (χ2v) is 8.30. The van der Waals surface area contributed by atoms with E-state index in [9.17, 15) is 4.79 Å². The Hall–Kier alpha value is -2.98. The van der Waals surface area contributed by atoms with Crippen LogP contribution in [0.2, 0.25) is 0 Å². The summed E-state index contributed by atoms with van der Waals surface area (Å²) in [6.45, 7) is 4.71. The number of amides is 1. The number of hydrogen-bond acceptors (Lipinski definition) is 3. The first kappa shape index (κ1) is 19.3. The molecule has 4 rings (SSSR count). The summed E-state index contributed by atoms with van der Waals surface area (Å²) >= 11 is 1.61. The Balaban J connectivity index is 1.65. The Morgan fingerprint density at radius 3 is 2.14 bits per heavy atom. The maximum atomic E-state index is 13.3. The second-order valence-electron chi connectivity index (χ2n) is 7.32. The van der Waals surface area contributed by atoms with Crippen LogP contribution in [-0.2, 0) is 17.8 Å². The predicted molar refractivity (Wildman–Crippen MR) is 121 cm³/mol. The number of carbonyl (C=O) groups is 1. The Labute approximate surface area is 175 Å². The summed E-state index contributed by atoms with van der Waals surface area (Å²) in [5, 5.41) is 0.777. The molecule has 0 bridgehead atoms. The molecule has 4 heteroatoms. The molecule has 3 aromatic carbocycles. The van der Waals surface area contributed by atoms with E-state index in [2.05, 4.69) is 50.2 Å². The zero-order valence-corrected chi connectivity index (χ0v) is 17.6. The van der Waals surface area contributed by atoms with Crippen molar-refractivity contribution in [3.8, 4) is 0 Å². The van der Waals surface area contributed by atoms with E-state index in [1.165, 1.54) is 11.1 Å². The molecule has 0 aliphatic carbocycles. The summed E-state index contributed by atoms with van der Waals surface area (Å²) < 4.78 is 1.16. The van der Waals surface area contributed by atoms with Gasteiger partial charge in [0, 0.05) is 6.42 Å². The lowest BCUT2D eigenvalue weighted by Gasteiger charge is -2.20. The Kier molecular flexibility index (Phi) is 5.72. The van der Waals surface area contributed by atoms with E-state index in [4.69, 9.17) is 4.98 Å². The van der Waals surface area contributed by atoms with Crippen LogP contribution in [0.3, 0.4) is 0 Å². The zero-order chi connectivity index (χ0) is 20.2. The van der Waals surface area contributed by atoms with Gasteiger partial charge in [0.2, 0.25) is 5.91 Å². The third-order valence-corrected chi connectivity index (χ3v) is 6.33. The summed E-state index contributed by atoms with van der Waals surface area (Å²) in [6, 6.07) is 24.5. The monoisotopic (exact) mass is 400 g/mol. The molecule has 0 spiro atoms. The number of hydrogen-bond donors (Lipinski definition) is 0. The number of fused-ring (bicyclic) bond motifs is 1. The van der Waals surface area contributed by atoms with Crippen molar-refractivity contribution in [2.45, 2.75) is 33.2 Å². The lowest BCUT2D eigenvalue weighted by atomic mass is 10.1. The second kappa shape index (κ2) is 8.58. The topological polar surface area (TPSA) is 33.2 Å². The van der Waals surface area contributed by atoms with E-state index in [1.807, 2.05) is 41.3 Å². The van der Waals surface area contributed by atoms with Crippen molar-refractivity contribution in [1.82, 2.24) is 4.98 Å². The van der Waals surface area contributed by atoms with Crippen molar-refractivity contribution in [3.05, 3.63) is 95.1 Å². The van der Waals surface area contributed by atoms with Crippen molar-refractivity contribution < 1.29 is 4.79 Å². The maximum absolute atomic E-state index is 13.3. The van der Waals surface area contributed by atoms with Gasteiger partial charge in [-0.15, -0.1) is 0 Å². The summed E-state index contributed by atoms with van der Waals surface area (Å²) in [7, 11) is 0. The molecule has 1 aromatic heterocycles. The summed E-state index contributed by atoms with van der Waals surface area (Å²) in [6.07, 6.45) is 1.19. The highest BCUT2D eigenvalue weighted by Crippen LogP contribution is 2.34. The largest absolute Gasteiger partial charge is 0.284 e. The Morgan fingerprint density at radius 2 is 1.48 bits per heavy atom. The molecule has 29 heavy (non-hydrogen) atoms. The summed E-state index contributed by atoms with van der Waals surface area (Å²) in [5.74, 6) is 0.104. The maximum Gasteiger partial charge on any atom is 0.229 e. The average molecular weight is 401 g/mol. The van der Waals surface area contributed by atoms with Gasteiger partial charge < -0.3 is 0 Å². The Morgan fingerprint density at radius 1 is 0.862 bits per heavy atom. The smallest absolute Gasteiger partial charge is 0.229 e. The van der Waals surface area contributed by atoms with E-state index in [0.717, 1.165) is 32.9 Å². The summed E-state index contributed by atoms with van der Waals surface area (Å²) in [4.78, 5) is 20.0. The third-order valence-electron chi connectivity index (χ3n) is 5.12. The highest BCUT2D eigenvalue weighted by Gasteiger charge is 2.21. The van der Waals surface area contributed by atoms with E-state index in [1.54, 1.807) is 11.3 Å². The predicted octanol–water partition coefficient (Wildman–Crippen LogP) is 6.08. The number of anilines is 1. The molecule has 0 unspecified atom stereocenters. The van der Waals surface area contributed by atoms with Gasteiger partial charge in [-0.05, 0) is 42.5 Å². The fourth-order valence-electron chi connectivity index (χ4n) is 3.42. The van der Waals surface area contributed by atoms with Gasteiger partial charge in [-0.25, -0.2) is 4.98 Å². The van der Waals surface area contributed by atoms with Crippen LogP contribution in [0, 0.1) is 13.8 Å². The Bertz CT molecular complexity index is 1080. The molecule has 4 aromatic rings. The first-order chi connectivity index (χ1) is 14.1. The summed E-state index contributed by atoms with van der Waals surface area (Å²) in [5.41, 5.74) is 5.62. The van der Waals surface area contributed by atoms with Gasteiger partial charge in [-0.3, -0.25) is 9.69 Å². The van der Waals surface area contributed by atoms with Gasteiger partial charge in [0.1, 0.15) is 0 Å². The number of rotatable bonds is 6. The highest BCUT2D eigenvalue weighted by atomic mass is 32.1. The van der Waals surface area contributed by atoms with Gasteiger partial charge in [0.15, 0.2) is 5.13 Å². The van der Waals surface area contributed by atoms with Gasteiger partial charge in [0.25, 0.3) is 0 Å². The van der Waals surface area contributed by atoms with E-state index < -0.39 is 0 Å². The number of aryl methyl sites for hydroxylation is 3. The van der Waals surface area contributed by atoms with Crippen molar-refractivity contribution >= 4 is 32.6 Å². The first-order valence-electron chi connectivity index (χ1n) is 9.87. The fourth-order valence-corrected chi connectivity index (χ4v) is 4.55. The number of aromatic nitrogens is 1. The van der Waals surface area contributed by atoms with E-state index in [-0.39, 0.29) is 5.91 Å². The lowest BCUT2D eigenvalue weighted by Crippen LogP contribution is -2.30. The van der Waals surface area contributed by atoms with Crippen LogP contribution in [0.15, 0.2) is 72.8 Å². The van der Waals surface area contributed by atoms with Crippen LogP contribution in [-0.4, -0.2) is 10.9 Å². The SMILES string of the molecule is Cc1ccc(C)c2sc(N(Cc3ccccc3)C(=O)CCc3ccccc3)nc12. The molecule has 1 amide bonds. The third kappa shape index (κ3) is 4.38. The van der Waals surface area contributed by atoms with E-state index in [0.29, 0.717) is 13.0 Å². The van der Waals surface area contributed by atoms with Crippen LogP contribution in [0.5, 0.6) is 0 Å². The molecule has 0 atom stereocenters. The van der Waals surface area contributed by atoms with Gasteiger partial charge in [0.05, 0.1) is 16.8 Å². The van der Waals surface area contributed by atoms with Crippen molar-refractivity contribution in [2.75, 3.05) is 4.90 Å². The van der Waals surface area contributed by atoms with Crippen molar-refractivity contribution in [2.24, 2.45) is 0 Å². The standard InChI is InChI=1S/C25H24N2OS/c1-18-13-14-19(2)24-23(18)26-25(29-24)27(17-21-11-7-4-8-12-21)22(28)16-15-20-9-5-3-6-10-20/h3-14H,15-17H2,1-2H3. The minimum absolute atomic E-state index is 0.104. The highest BCUT2D eigenvalue weighted by molar-refractivity contribution is 7.22. The lowest BCUT2D eigenvalue weighted by molar-refractivity contribution is -0.118. The van der Waals surface area contributed by atoms with Crippen LogP contribution in [0.4, 0.5) is 5.13 Å². The number of nitrogens with zero attached hydrogens (tertiary/aromatic N) is 2. The van der Waals surface area contributed by atoms with Crippen LogP contribution >= 0.6 is 11.3 Å². The van der Waals surface area contributed by atoms with Crippen LogP contribution in [0.1, 0.15) is 28.7 Å². The van der Waals surface area contributed by atoms with E-state index >= 15 is 0 Å². The molecule has 0 fully saturated rings. The van der Waals surface area contributed by atoms with Crippen molar-refractivity contribution in [1.29, 1.82) is 0 Å². The number of carbonyl (C=O) groups excluding carboxylic acids is 1. The molecule has 3 nitrogen and oxygen atoms in total. The number of thiazole rings is 1. The number of benzene rings is 3. The molecule has 146 valence electrons. The minimum atomic E-state index is 0.104. The van der Waals surface area contributed by atoms with Crippen LogP contribution in [0.25, 0.3) is 10.2 Å². The molecular formula is C25H24N2OS. The molecule has 0 aliphatic rings. The molecule has 0 saturated heterocycles. The normalized spacial score (nSPS) is 11.0. The molecule has 1 heterocycles.